The molecule has 3 nitrogen and oxygen atoms in total. The summed E-state index contributed by atoms with van der Waals surface area (Å²) in [6, 6.07) is 9.70. The van der Waals surface area contributed by atoms with Crippen LogP contribution in [0, 0.1) is 0 Å². The van der Waals surface area contributed by atoms with Crippen LogP contribution in [0.1, 0.15) is 31.7 Å². The van der Waals surface area contributed by atoms with E-state index in [-0.39, 0.29) is 5.78 Å². The third-order valence-electron chi connectivity index (χ3n) is 2.33. The quantitative estimate of drug-likeness (QED) is 0.743. The van der Waals surface area contributed by atoms with E-state index in [0.717, 1.165) is 24.8 Å². The highest BCUT2D eigenvalue weighted by atomic mass is 31.1. The molecule has 0 aliphatic heterocycles. The van der Waals surface area contributed by atoms with Gasteiger partial charge in [0.1, 0.15) is 6.61 Å². The van der Waals surface area contributed by atoms with Gasteiger partial charge in [-0.2, -0.15) is 0 Å². The molecule has 0 aromatic heterocycles. The first-order chi connectivity index (χ1) is 7.74. The van der Waals surface area contributed by atoms with Gasteiger partial charge in [0, 0.05) is 6.42 Å². The molecule has 0 bridgehead atoms. The number of hydrogen-bond acceptors (Lipinski definition) is 3. The van der Waals surface area contributed by atoms with Gasteiger partial charge < -0.3 is 0 Å². The predicted octanol–water partition coefficient (Wildman–Crippen LogP) is 3.42. The van der Waals surface area contributed by atoms with Crippen molar-refractivity contribution < 1.29 is 9.09 Å². The Kier molecular flexibility index (Phi) is 6.24. The molecular formula is C12H19NO2P+. The van der Waals surface area contributed by atoms with Crippen molar-refractivity contribution in [3.05, 3.63) is 35.9 Å². The molecule has 1 aromatic rings. The van der Waals surface area contributed by atoms with Crippen LogP contribution in [-0.2, 0) is 15.7 Å². The van der Waals surface area contributed by atoms with E-state index in [4.69, 9.17) is 10.3 Å². The maximum atomic E-state index is 11.6. The summed E-state index contributed by atoms with van der Waals surface area (Å²) >= 11 is 0. The van der Waals surface area contributed by atoms with E-state index in [1.165, 1.54) is 0 Å². The first-order valence-electron chi connectivity index (χ1n) is 5.62. The van der Waals surface area contributed by atoms with Gasteiger partial charge in [-0.25, -0.2) is 0 Å². The van der Waals surface area contributed by atoms with Crippen molar-refractivity contribution in [1.82, 2.24) is 0 Å². The molecule has 2 N–H and O–H groups in total. The Morgan fingerprint density at radius 2 is 2.06 bits per heavy atom. The minimum atomic E-state index is -1.75. The lowest BCUT2D eigenvalue weighted by molar-refractivity contribution is 0.311. The predicted molar refractivity (Wildman–Crippen MR) is 66.3 cm³/mol. The lowest BCUT2D eigenvalue weighted by Crippen LogP contribution is -2.15. The molecule has 0 saturated carbocycles. The van der Waals surface area contributed by atoms with Crippen molar-refractivity contribution in [3.63, 3.8) is 0 Å². The van der Waals surface area contributed by atoms with E-state index in [2.05, 4.69) is 6.92 Å². The molecule has 4 heteroatoms. The fourth-order valence-electron chi connectivity index (χ4n) is 1.33. The number of rotatable bonds is 7. The summed E-state index contributed by atoms with van der Waals surface area (Å²) in [5.41, 5.74) is 6.78. The average Bonchev–Trinajstić information content (AvgIpc) is 2.34. The molecular weight excluding hydrogens is 221 g/mol. The Morgan fingerprint density at radius 1 is 1.38 bits per heavy atom. The monoisotopic (exact) mass is 240 g/mol. The first-order valence-corrected chi connectivity index (χ1v) is 6.87. The van der Waals surface area contributed by atoms with Crippen molar-refractivity contribution in [2.75, 3.05) is 0 Å². The summed E-state index contributed by atoms with van der Waals surface area (Å²) in [5, 5.41) is 0. The minimum absolute atomic E-state index is 0.335. The number of hydrogen-bond donors (Lipinski definition) is 1. The lowest BCUT2D eigenvalue weighted by Gasteiger charge is -1.99. The Morgan fingerprint density at radius 3 is 2.69 bits per heavy atom. The molecule has 0 fully saturated rings. The maximum Gasteiger partial charge on any atom is 0.527 e. The van der Waals surface area contributed by atoms with Crippen LogP contribution in [0.15, 0.2) is 30.3 Å². The van der Waals surface area contributed by atoms with Gasteiger partial charge in [-0.1, -0.05) is 43.7 Å². The summed E-state index contributed by atoms with van der Waals surface area (Å²) in [4.78, 5) is 0. The normalized spacial score (nSPS) is 13.5. The maximum absolute atomic E-state index is 11.6. The average molecular weight is 240 g/mol. The number of benzene rings is 1. The van der Waals surface area contributed by atoms with Crippen molar-refractivity contribution in [3.8, 4) is 0 Å². The second-order valence-electron chi connectivity index (χ2n) is 3.75. The molecule has 0 saturated heterocycles. The van der Waals surface area contributed by atoms with Gasteiger partial charge in [0.05, 0.1) is 0 Å². The summed E-state index contributed by atoms with van der Waals surface area (Å²) in [5.74, 6) is -0.335. The smallest absolute Gasteiger partial charge is 0.285 e. The molecule has 0 spiro atoms. The summed E-state index contributed by atoms with van der Waals surface area (Å²) in [7, 11) is -1.75. The van der Waals surface area contributed by atoms with Gasteiger partial charge in [-0.3, -0.25) is 5.73 Å². The molecule has 2 unspecified atom stereocenters. The van der Waals surface area contributed by atoms with Crippen molar-refractivity contribution in [2.45, 2.75) is 38.6 Å². The Balaban J connectivity index is 2.29. The highest BCUT2D eigenvalue weighted by Crippen LogP contribution is 2.30. The zero-order valence-corrected chi connectivity index (χ0v) is 10.5. The molecule has 1 aromatic carbocycles. The first kappa shape index (κ1) is 13.3. The molecule has 88 valence electrons. The van der Waals surface area contributed by atoms with Gasteiger partial charge >= 0.3 is 8.03 Å². The molecule has 2 atom stereocenters. The van der Waals surface area contributed by atoms with E-state index in [9.17, 15) is 4.57 Å². The highest BCUT2D eigenvalue weighted by molar-refractivity contribution is 7.39. The van der Waals surface area contributed by atoms with E-state index in [1.54, 1.807) is 0 Å². The van der Waals surface area contributed by atoms with Crippen LogP contribution in [-0.4, -0.2) is 5.78 Å². The third-order valence-corrected chi connectivity index (χ3v) is 3.51. The second kappa shape index (κ2) is 7.50. The zero-order chi connectivity index (χ0) is 11.8. The Hall–Kier alpha value is -0.760. The molecule has 0 heterocycles. The SMILES string of the molecule is CCCCC(N)[P+](=O)OCc1ccccc1. The van der Waals surface area contributed by atoms with Gasteiger partial charge in [0.15, 0.2) is 0 Å². The van der Waals surface area contributed by atoms with Crippen molar-refractivity contribution in [2.24, 2.45) is 5.73 Å². The second-order valence-corrected chi connectivity index (χ2v) is 5.25. The standard InChI is InChI=1S/C12H19NO2P/c1-2-3-9-12(13)16(14)15-10-11-7-5-4-6-8-11/h4-8,12H,2-3,9-10,13H2,1H3/q+1. The Bertz CT molecular complexity index is 316. The third kappa shape index (κ3) is 4.84. The lowest BCUT2D eigenvalue weighted by atomic mass is 10.2. The summed E-state index contributed by atoms with van der Waals surface area (Å²) in [6.45, 7) is 2.46. The Labute approximate surface area is 97.9 Å². The van der Waals surface area contributed by atoms with E-state index < -0.39 is 8.03 Å². The van der Waals surface area contributed by atoms with Gasteiger partial charge in [-0.05, 0) is 16.5 Å². The van der Waals surface area contributed by atoms with Crippen molar-refractivity contribution >= 4 is 8.03 Å². The fraction of sp³-hybridized carbons (Fsp3) is 0.500. The molecule has 0 aliphatic rings. The number of unbranched alkanes of at least 4 members (excludes halogenated alkanes) is 1. The largest absolute Gasteiger partial charge is 0.527 e. The molecule has 0 radical (unpaired) electrons. The van der Waals surface area contributed by atoms with E-state index in [1.807, 2.05) is 30.3 Å². The summed E-state index contributed by atoms with van der Waals surface area (Å²) < 4.78 is 16.9. The van der Waals surface area contributed by atoms with Crippen LogP contribution in [0.2, 0.25) is 0 Å². The van der Waals surface area contributed by atoms with Crippen molar-refractivity contribution in [1.29, 1.82) is 0 Å². The highest BCUT2D eigenvalue weighted by Gasteiger charge is 2.27. The number of nitrogens with two attached hydrogens (primary N) is 1. The fourth-order valence-corrected chi connectivity index (χ4v) is 2.19. The van der Waals surface area contributed by atoms with Gasteiger partial charge in [0.25, 0.3) is 0 Å². The molecule has 16 heavy (non-hydrogen) atoms. The molecule has 0 aliphatic carbocycles. The topological polar surface area (TPSA) is 52.3 Å². The van der Waals surface area contributed by atoms with Crippen LogP contribution in [0.25, 0.3) is 0 Å². The summed E-state index contributed by atoms with van der Waals surface area (Å²) in [6.07, 6.45) is 2.83. The van der Waals surface area contributed by atoms with Gasteiger partial charge in [0.2, 0.25) is 5.78 Å². The minimum Gasteiger partial charge on any atom is -0.285 e. The van der Waals surface area contributed by atoms with Crippen LogP contribution in [0.3, 0.4) is 0 Å². The van der Waals surface area contributed by atoms with Crippen LogP contribution in [0.5, 0.6) is 0 Å². The zero-order valence-electron chi connectivity index (χ0n) is 9.63. The van der Waals surface area contributed by atoms with E-state index >= 15 is 0 Å². The molecule has 1 rings (SSSR count). The van der Waals surface area contributed by atoms with Gasteiger partial charge in [-0.15, -0.1) is 4.52 Å². The molecule has 0 amide bonds. The van der Waals surface area contributed by atoms with Crippen LogP contribution < -0.4 is 5.73 Å². The van der Waals surface area contributed by atoms with Crippen LogP contribution in [0.4, 0.5) is 0 Å². The van der Waals surface area contributed by atoms with E-state index in [0.29, 0.717) is 6.61 Å². The van der Waals surface area contributed by atoms with Crippen LogP contribution >= 0.6 is 8.03 Å².